The summed E-state index contributed by atoms with van der Waals surface area (Å²) >= 11 is 0. The quantitative estimate of drug-likeness (QED) is 0.720. The molecule has 0 bridgehead atoms. The number of aromatic nitrogens is 1. The largest absolute Gasteiger partial charge is 0.345 e. The van der Waals surface area contributed by atoms with Gasteiger partial charge in [-0.15, -0.1) is 0 Å². The first kappa shape index (κ1) is 12.9. The van der Waals surface area contributed by atoms with Crippen molar-refractivity contribution in [1.82, 2.24) is 4.57 Å². The molecular weight excluding hydrogens is 218 g/mol. The Hall–Kier alpha value is -1.50. The van der Waals surface area contributed by atoms with Crippen molar-refractivity contribution in [2.75, 3.05) is 0 Å². The van der Waals surface area contributed by atoms with E-state index in [0.717, 1.165) is 5.92 Å². The average Bonchev–Trinajstić information content (AvgIpc) is 3.18. The number of benzene rings is 1. The lowest BCUT2D eigenvalue weighted by Crippen LogP contribution is -2.03. The van der Waals surface area contributed by atoms with Crippen LogP contribution < -0.4 is 0 Å². The van der Waals surface area contributed by atoms with E-state index in [9.17, 15) is 0 Å². The first-order valence-electron chi connectivity index (χ1n) is 7.06. The molecular formula is C17H23N. The van der Waals surface area contributed by atoms with Gasteiger partial charge in [-0.25, -0.2) is 0 Å². The van der Waals surface area contributed by atoms with Crippen molar-refractivity contribution < 1.29 is 0 Å². The van der Waals surface area contributed by atoms with E-state index >= 15 is 0 Å². The van der Waals surface area contributed by atoms with Gasteiger partial charge in [0, 0.05) is 17.9 Å². The predicted octanol–water partition coefficient (Wildman–Crippen LogP) is 4.90. The van der Waals surface area contributed by atoms with E-state index in [0.29, 0.717) is 0 Å². The molecule has 1 nitrogen and oxygen atoms in total. The van der Waals surface area contributed by atoms with Crippen molar-refractivity contribution in [3.05, 3.63) is 48.2 Å². The fourth-order valence-corrected chi connectivity index (χ4v) is 2.23. The maximum atomic E-state index is 2.47. The summed E-state index contributed by atoms with van der Waals surface area (Å²) in [7, 11) is 0. The first-order chi connectivity index (χ1) is 8.84. The van der Waals surface area contributed by atoms with Crippen LogP contribution in [0.25, 0.3) is 11.3 Å². The highest BCUT2D eigenvalue weighted by Gasteiger charge is 2.23. The highest BCUT2D eigenvalue weighted by molar-refractivity contribution is 5.60. The fraction of sp³-hybridized carbons (Fsp3) is 0.412. The molecule has 1 aromatic carbocycles. The number of hydrogen-bond acceptors (Lipinski definition) is 0. The van der Waals surface area contributed by atoms with Crippen LogP contribution in [0, 0.1) is 12.8 Å². The molecule has 0 spiro atoms. The Morgan fingerprint density at radius 3 is 2.28 bits per heavy atom. The van der Waals surface area contributed by atoms with E-state index in [1.54, 1.807) is 0 Å². The second kappa shape index (κ2) is 5.90. The van der Waals surface area contributed by atoms with Crippen molar-refractivity contribution in [1.29, 1.82) is 0 Å². The molecule has 1 aromatic heterocycles. The number of rotatable bonds is 3. The van der Waals surface area contributed by atoms with Crippen LogP contribution in [0.2, 0.25) is 0 Å². The van der Waals surface area contributed by atoms with Gasteiger partial charge in [0.15, 0.2) is 0 Å². The molecule has 0 aliphatic heterocycles. The smallest absolute Gasteiger partial charge is 0.0482 e. The molecule has 0 amide bonds. The standard InChI is InChI=1S/C15H17N.C2H6/c1-12-7-10-15(14-5-3-2-4-6-14)16(12)11-13-8-9-13;1-2/h2-7,10,13H,8-9,11H2,1H3;1-2H3. The van der Waals surface area contributed by atoms with Gasteiger partial charge in [-0.1, -0.05) is 44.2 Å². The van der Waals surface area contributed by atoms with Crippen LogP contribution in [-0.4, -0.2) is 4.57 Å². The minimum absolute atomic E-state index is 0.925. The molecule has 0 atom stereocenters. The molecule has 2 aromatic rings. The van der Waals surface area contributed by atoms with Crippen LogP contribution in [-0.2, 0) is 6.54 Å². The molecule has 96 valence electrons. The molecule has 1 heteroatoms. The van der Waals surface area contributed by atoms with Gasteiger partial charge >= 0.3 is 0 Å². The van der Waals surface area contributed by atoms with Crippen LogP contribution in [0.3, 0.4) is 0 Å². The SMILES string of the molecule is CC.Cc1ccc(-c2ccccc2)n1CC1CC1. The summed E-state index contributed by atoms with van der Waals surface area (Å²) in [5, 5.41) is 0. The lowest BCUT2D eigenvalue weighted by molar-refractivity contribution is 0.622. The van der Waals surface area contributed by atoms with Gasteiger partial charge in [0.05, 0.1) is 0 Å². The van der Waals surface area contributed by atoms with E-state index in [-0.39, 0.29) is 0 Å². The monoisotopic (exact) mass is 241 g/mol. The Kier molecular flexibility index (Phi) is 4.24. The maximum Gasteiger partial charge on any atom is 0.0482 e. The molecule has 18 heavy (non-hydrogen) atoms. The first-order valence-corrected chi connectivity index (χ1v) is 7.06. The van der Waals surface area contributed by atoms with Crippen molar-refractivity contribution >= 4 is 0 Å². The summed E-state index contributed by atoms with van der Waals surface area (Å²) in [5.41, 5.74) is 4.08. The molecule has 3 rings (SSSR count). The molecule has 1 saturated carbocycles. The third kappa shape index (κ3) is 2.84. The van der Waals surface area contributed by atoms with Crippen LogP contribution >= 0.6 is 0 Å². The fourth-order valence-electron chi connectivity index (χ4n) is 2.23. The summed E-state index contributed by atoms with van der Waals surface area (Å²) in [6.45, 7) is 7.40. The van der Waals surface area contributed by atoms with E-state index in [1.165, 1.54) is 36.3 Å². The summed E-state index contributed by atoms with van der Waals surface area (Å²) in [5.74, 6) is 0.925. The van der Waals surface area contributed by atoms with E-state index in [1.807, 2.05) is 13.8 Å². The Morgan fingerprint density at radius 2 is 1.67 bits per heavy atom. The Morgan fingerprint density at radius 1 is 1.00 bits per heavy atom. The normalized spacial score (nSPS) is 13.9. The lowest BCUT2D eigenvalue weighted by atomic mass is 10.1. The second-order valence-corrected chi connectivity index (χ2v) is 4.78. The highest BCUT2D eigenvalue weighted by atomic mass is 15.0. The topological polar surface area (TPSA) is 4.93 Å². The number of hydrogen-bond donors (Lipinski definition) is 0. The van der Waals surface area contributed by atoms with Crippen molar-refractivity contribution in [2.45, 2.75) is 40.2 Å². The minimum atomic E-state index is 0.925. The second-order valence-electron chi connectivity index (χ2n) is 4.78. The molecule has 0 N–H and O–H groups in total. The molecule has 0 radical (unpaired) electrons. The Balaban J connectivity index is 0.000000574. The van der Waals surface area contributed by atoms with Crippen LogP contribution in [0.5, 0.6) is 0 Å². The van der Waals surface area contributed by atoms with E-state index in [2.05, 4.69) is 54.0 Å². The van der Waals surface area contributed by atoms with Crippen molar-refractivity contribution in [3.8, 4) is 11.3 Å². The molecule has 0 unspecified atom stereocenters. The molecule has 0 saturated heterocycles. The van der Waals surface area contributed by atoms with Gasteiger partial charge < -0.3 is 4.57 Å². The molecule has 1 fully saturated rings. The Bertz CT molecular complexity index is 478. The summed E-state index contributed by atoms with van der Waals surface area (Å²) in [6.07, 6.45) is 2.82. The van der Waals surface area contributed by atoms with Gasteiger partial charge in [0.1, 0.15) is 0 Å². The van der Waals surface area contributed by atoms with Crippen LogP contribution in [0.15, 0.2) is 42.5 Å². The van der Waals surface area contributed by atoms with Crippen molar-refractivity contribution in [2.24, 2.45) is 5.92 Å². The maximum absolute atomic E-state index is 2.47. The molecule has 1 heterocycles. The van der Waals surface area contributed by atoms with Gasteiger partial charge in [-0.3, -0.25) is 0 Å². The van der Waals surface area contributed by atoms with Crippen LogP contribution in [0.1, 0.15) is 32.4 Å². The van der Waals surface area contributed by atoms with Gasteiger partial charge in [-0.05, 0) is 43.4 Å². The third-order valence-corrected chi connectivity index (χ3v) is 3.41. The average molecular weight is 241 g/mol. The van der Waals surface area contributed by atoms with Gasteiger partial charge in [0.25, 0.3) is 0 Å². The van der Waals surface area contributed by atoms with Crippen LogP contribution in [0.4, 0.5) is 0 Å². The van der Waals surface area contributed by atoms with Gasteiger partial charge in [-0.2, -0.15) is 0 Å². The summed E-state index contributed by atoms with van der Waals surface area (Å²) in [6, 6.07) is 15.1. The zero-order valence-corrected chi connectivity index (χ0v) is 11.7. The molecule has 1 aliphatic rings. The predicted molar refractivity (Wildman–Crippen MR) is 78.7 cm³/mol. The third-order valence-electron chi connectivity index (χ3n) is 3.41. The zero-order chi connectivity index (χ0) is 13.0. The lowest BCUT2D eigenvalue weighted by Gasteiger charge is -2.11. The number of nitrogens with zero attached hydrogens (tertiary/aromatic N) is 1. The zero-order valence-electron chi connectivity index (χ0n) is 11.7. The minimum Gasteiger partial charge on any atom is -0.345 e. The van der Waals surface area contributed by atoms with Gasteiger partial charge in [0.2, 0.25) is 0 Å². The Labute approximate surface area is 110 Å². The summed E-state index contributed by atoms with van der Waals surface area (Å²) in [4.78, 5) is 0. The molecule has 1 aliphatic carbocycles. The van der Waals surface area contributed by atoms with Crippen molar-refractivity contribution in [3.63, 3.8) is 0 Å². The highest BCUT2D eigenvalue weighted by Crippen LogP contribution is 2.33. The number of aryl methyl sites for hydroxylation is 1. The van der Waals surface area contributed by atoms with E-state index < -0.39 is 0 Å². The van der Waals surface area contributed by atoms with E-state index in [4.69, 9.17) is 0 Å². The summed E-state index contributed by atoms with van der Waals surface area (Å²) < 4.78 is 2.47.